The van der Waals surface area contributed by atoms with Crippen molar-refractivity contribution in [3.63, 3.8) is 0 Å². The molecular formula is C11H13NaO2. The Morgan fingerprint density at radius 3 is 2.43 bits per heavy atom. The van der Waals surface area contributed by atoms with Crippen LogP contribution in [0.3, 0.4) is 0 Å². The average Bonchev–Trinajstić information content (AvgIpc) is 2.50. The molecule has 0 N–H and O–H groups in total. The minimum Gasteiger partial charge on any atom is -0.549 e. The predicted octanol–water partition coefficient (Wildman–Crippen LogP) is -2.57. The molecule has 0 heterocycles. The molecule has 1 saturated carbocycles. The fourth-order valence-corrected chi connectivity index (χ4v) is 2.76. The van der Waals surface area contributed by atoms with Crippen LogP contribution in [0.15, 0.2) is 0 Å². The van der Waals surface area contributed by atoms with Gasteiger partial charge in [-0.15, -0.1) is 0 Å². The van der Waals surface area contributed by atoms with Gasteiger partial charge in [-0.3, -0.25) is 0 Å². The quantitative estimate of drug-likeness (QED) is 0.345. The third-order valence-electron chi connectivity index (χ3n) is 3.75. The fourth-order valence-electron chi connectivity index (χ4n) is 2.76. The Labute approximate surface area is 107 Å². The van der Waals surface area contributed by atoms with Gasteiger partial charge < -0.3 is 9.90 Å². The van der Waals surface area contributed by atoms with E-state index in [1.165, 1.54) is 0 Å². The molecule has 0 amide bonds. The maximum atomic E-state index is 11.1. The normalized spacial score (nSPS) is 41.1. The van der Waals surface area contributed by atoms with Crippen molar-refractivity contribution in [2.75, 3.05) is 0 Å². The van der Waals surface area contributed by atoms with Gasteiger partial charge in [-0.05, 0) is 11.8 Å². The van der Waals surface area contributed by atoms with E-state index in [4.69, 9.17) is 0 Å². The van der Waals surface area contributed by atoms with Crippen LogP contribution in [-0.4, -0.2) is 5.97 Å². The Balaban J connectivity index is 0.000000980. The van der Waals surface area contributed by atoms with E-state index in [1.54, 1.807) is 0 Å². The molecule has 0 aromatic rings. The second kappa shape index (κ2) is 3.27. The number of carboxylic acid groups (broad SMARTS) is 1. The van der Waals surface area contributed by atoms with Gasteiger partial charge in [0.1, 0.15) is 0 Å². The van der Waals surface area contributed by atoms with Gasteiger partial charge in [0.2, 0.25) is 0 Å². The van der Waals surface area contributed by atoms with Gasteiger partial charge >= 0.3 is 29.6 Å². The molecule has 2 aliphatic rings. The Bertz CT molecular complexity index is 337. The average molecular weight is 200 g/mol. The van der Waals surface area contributed by atoms with Gasteiger partial charge in [-0.25, -0.2) is 0 Å². The summed E-state index contributed by atoms with van der Waals surface area (Å²) in [5, 5.41) is 11.1. The first kappa shape index (κ1) is 12.1. The van der Waals surface area contributed by atoms with Crippen molar-refractivity contribution in [3.05, 3.63) is 0 Å². The fraction of sp³-hybridized carbons (Fsp3) is 0.727. The molecule has 1 fully saturated rings. The summed E-state index contributed by atoms with van der Waals surface area (Å²) in [5.74, 6) is 5.41. The third-order valence-corrected chi connectivity index (χ3v) is 3.75. The maximum absolute atomic E-state index is 11.1. The van der Waals surface area contributed by atoms with E-state index in [2.05, 4.69) is 11.8 Å². The molecule has 2 aliphatic carbocycles. The van der Waals surface area contributed by atoms with Gasteiger partial charge in [0, 0.05) is 23.2 Å². The second-order valence-corrected chi connectivity index (χ2v) is 4.81. The maximum Gasteiger partial charge on any atom is 1.00 e. The summed E-state index contributed by atoms with van der Waals surface area (Å²) >= 11 is 0. The van der Waals surface area contributed by atoms with E-state index >= 15 is 0 Å². The molecule has 70 valence electrons. The summed E-state index contributed by atoms with van der Waals surface area (Å²) in [6.45, 7) is 5.92. The van der Waals surface area contributed by atoms with Crippen molar-refractivity contribution >= 4 is 5.97 Å². The van der Waals surface area contributed by atoms with Crippen LogP contribution in [0.1, 0.15) is 27.2 Å². The Kier molecular flexibility index (Phi) is 2.82. The molecule has 0 aliphatic heterocycles. The zero-order valence-corrected chi connectivity index (χ0v) is 11.2. The SMILES string of the molecule is CC1C#CC2C(C)(C)C2(C(=O)[O-])C1.[Na+]. The summed E-state index contributed by atoms with van der Waals surface area (Å²) in [5.41, 5.74) is -0.846. The van der Waals surface area contributed by atoms with Gasteiger partial charge in [-0.2, -0.15) is 0 Å². The molecule has 2 rings (SSSR count). The third kappa shape index (κ3) is 1.19. The van der Waals surface area contributed by atoms with Gasteiger partial charge in [0.15, 0.2) is 0 Å². The van der Waals surface area contributed by atoms with E-state index in [-0.39, 0.29) is 46.8 Å². The molecule has 0 saturated heterocycles. The van der Waals surface area contributed by atoms with Crippen molar-refractivity contribution in [2.45, 2.75) is 27.2 Å². The summed E-state index contributed by atoms with van der Waals surface area (Å²) in [7, 11) is 0. The minimum atomic E-state index is -0.914. The zero-order valence-electron chi connectivity index (χ0n) is 9.18. The molecule has 0 aromatic carbocycles. The van der Waals surface area contributed by atoms with E-state index in [0.717, 1.165) is 0 Å². The molecule has 0 spiro atoms. The number of carbonyl (C=O) groups excluding carboxylic acids is 1. The van der Waals surface area contributed by atoms with Crippen molar-refractivity contribution in [2.24, 2.45) is 22.7 Å². The number of carboxylic acids is 1. The van der Waals surface area contributed by atoms with Gasteiger partial charge in [0.25, 0.3) is 0 Å². The zero-order chi connectivity index (χ0) is 9.85. The summed E-state index contributed by atoms with van der Waals surface area (Å²) < 4.78 is 0. The Morgan fingerprint density at radius 1 is 1.43 bits per heavy atom. The molecular weight excluding hydrogens is 187 g/mol. The van der Waals surface area contributed by atoms with E-state index in [0.29, 0.717) is 6.42 Å². The number of rotatable bonds is 1. The number of hydrogen-bond donors (Lipinski definition) is 0. The first-order chi connectivity index (χ1) is 5.93. The molecule has 0 aromatic heterocycles. The van der Waals surface area contributed by atoms with Crippen LogP contribution < -0.4 is 34.7 Å². The predicted molar refractivity (Wildman–Crippen MR) is 46.3 cm³/mol. The van der Waals surface area contributed by atoms with E-state index < -0.39 is 11.4 Å². The first-order valence-corrected chi connectivity index (χ1v) is 4.65. The van der Waals surface area contributed by atoms with Gasteiger partial charge in [-0.1, -0.05) is 32.6 Å². The molecule has 0 radical (unpaired) electrons. The topological polar surface area (TPSA) is 40.1 Å². The summed E-state index contributed by atoms with van der Waals surface area (Å²) in [6.07, 6.45) is 0.653. The number of fused-ring (bicyclic) bond motifs is 1. The van der Waals surface area contributed by atoms with Crippen LogP contribution in [0, 0.1) is 34.5 Å². The van der Waals surface area contributed by atoms with Crippen LogP contribution >= 0.6 is 0 Å². The Hall–Kier alpha value is 0.0300. The molecule has 2 nitrogen and oxygen atoms in total. The van der Waals surface area contributed by atoms with Crippen LogP contribution in [0.2, 0.25) is 0 Å². The van der Waals surface area contributed by atoms with Crippen molar-refractivity contribution in [3.8, 4) is 11.8 Å². The smallest absolute Gasteiger partial charge is 0.549 e. The largest absolute Gasteiger partial charge is 1.00 e. The molecule has 0 bridgehead atoms. The number of hydrogen-bond acceptors (Lipinski definition) is 2. The van der Waals surface area contributed by atoms with Crippen molar-refractivity contribution < 1.29 is 39.5 Å². The van der Waals surface area contributed by atoms with E-state index in [1.807, 2.05) is 20.8 Å². The van der Waals surface area contributed by atoms with Crippen LogP contribution in [0.4, 0.5) is 0 Å². The number of aliphatic carboxylic acids is 1. The van der Waals surface area contributed by atoms with Crippen LogP contribution in [-0.2, 0) is 4.79 Å². The Morgan fingerprint density at radius 2 is 2.00 bits per heavy atom. The second-order valence-electron chi connectivity index (χ2n) is 4.81. The number of carbonyl (C=O) groups is 1. The van der Waals surface area contributed by atoms with E-state index in [9.17, 15) is 9.90 Å². The summed E-state index contributed by atoms with van der Waals surface area (Å²) in [4.78, 5) is 11.1. The van der Waals surface area contributed by atoms with Gasteiger partial charge in [0.05, 0.1) is 0 Å². The molecule has 3 atom stereocenters. The monoisotopic (exact) mass is 200 g/mol. The summed E-state index contributed by atoms with van der Waals surface area (Å²) in [6, 6.07) is 0. The van der Waals surface area contributed by atoms with Crippen LogP contribution in [0.5, 0.6) is 0 Å². The minimum absolute atomic E-state index is 0. The molecule has 14 heavy (non-hydrogen) atoms. The van der Waals surface area contributed by atoms with Crippen molar-refractivity contribution in [1.29, 1.82) is 0 Å². The first-order valence-electron chi connectivity index (χ1n) is 4.65. The van der Waals surface area contributed by atoms with Crippen molar-refractivity contribution in [1.82, 2.24) is 0 Å². The molecule has 3 heteroatoms. The standard InChI is InChI=1S/C11H14O2.Na/c1-7-4-5-8-10(2,3)11(8,6-7)9(12)13;/h7-8H,6H2,1-3H3,(H,12,13);/q;+1/p-1. The molecule has 3 unspecified atom stereocenters. The van der Waals surface area contributed by atoms with Crippen LogP contribution in [0.25, 0.3) is 0 Å².